The number of aliphatic hydroxyl groups is 2. The fourth-order valence-corrected chi connectivity index (χ4v) is 6.59. The summed E-state index contributed by atoms with van der Waals surface area (Å²) in [4.78, 5) is 59.9. The molecule has 24 heteroatoms. The van der Waals surface area contributed by atoms with Crippen molar-refractivity contribution in [2.45, 2.75) is 153 Å². The van der Waals surface area contributed by atoms with Gasteiger partial charge in [-0.2, -0.15) is 0 Å². The zero-order valence-electron chi connectivity index (χ0n) is 41.7. The largest absolute Gasteiger partial charge is 0.506 e. The molecule has 3 amide bonds. The topological polar surface area (TPSA) is 280 Å². The summed E-state index contributed by atoms with van der Waals surface area (Å²) < 4.78 is 27.4. The number of halogens is 3. The molecule has 0 aromatic heterocycles. The second-order valence-corrected chi connectivity index (χ2v) is 20.3. The number of β-amino-alcohol motifs (C(OH)–C–C–N with tert-alkyl or cyclic N) is 1. The van der Waals surface area contributed by atoms with Gasteiger partial charge in [-0.25, -0.2) is 14.4 Å². The minimum atomic E-state index is -0.601. The van der Waals surface area contributed by atoms with Gasteiger partial charge in [-0.05, 0) is 99.9 Å². The summed E-state index contributed by atoms with van der Waals surface area (Å²) in [5, 5.41) is 47.5. The highest BCUT2D eigenvalue weighted by Crippen LogP contribution is 2.32. The number of nitrogens with zero attached hydrogens (tertiary/aromatic N) is 5. The zero-order valence-corrected chi connectivity index (χ0v) is 44.0. The van der Waals surface area contributed by atoms with Gasteiger partial charge in [-0.3, -0.25) is 20.2 Å². The van der Waals surface area contributed by atoms with Gasteiger partial charge in [-0.1, -0.05) is 64.5 Å². The highest BCUT2D eigenvalue weighted by molar-refractivity contribution is 6.32. The normalized spacial score (nSPS) is 16.4. The maximum absolute atomic E-state index is 12.0. The highest BCUT2D eigenvalue weighted by Gasteiger charge is 2.33. The Morgan fingerprint density at radius 2 is 0.947 bits per heavy atom. The van der Waals surface area contributed by atoms with Crippen LogP contribution in [0.25, 0.3) is 0 Å². The second kappa shape index (κ2) is 33.3. The molecule has 3 aliphatic rings. The minimum Gasteiger partial charge on any atom is -0.506 e. The summed E-state index contributed by atoms with van der Waals surface area (Å²) in [5.74, 6) is 0.519. The Morgan fingerprint density at radius 3 is 1.29 bits per heavy atom. The maximum atomic E-state index is 12.0. The van der Waals surface area contributed by atoms with Gasteiger partial charge in [0.05, 0.1) is 56.2 Å². The van der Waals surface area contributed by atoms with E-state index in [1.165, 1.54) is 35.2 Å². The van der Waals surface area contributed by atoms with Crippen molar-refractivity contribution < 1.29 is 63.2 Å². The van der Waals surface area contributed by atoms with E-state index >= 15 is 0 Å². The van der Waals surface area contributed by atoms with Crippen molar-refractivity contribution in [1.29, 1.82) is 0 Å². The Balaban J connectivity index is -0.000000920. The summed E-state index contributed by atoms with van der Waals surface area (Å²) in [6, 6.07) is 12.6. The molecule has 3 aromatic rings. The van der Waals surface area contributed by atoms with Gasteiger partial charge in [0.2, 0.25) is 0 Å². The average Bonchev–Trinajstić information content (AvgIpc) is 4.02. The van der Waals surface area contributed by atoms with E-state index in [-0.39, 0.29) is 94.7 Å². The quantitative estimate of drug-likeness (QED) is 0.0772. The van der Waals surface area contributed by atoms with Crippen molar-refractivity contribution in [3.05, 3.63) is 89.9 Å². The van der Waals surface area contributed by atoms with Crippen LogP contribution in [0.2, 0.25) is 15.1 Å². The lowest BCUT2D eigenvalue weighted by molar-refractivity contribution is -0.385. The molecule has 3 atom stereocenters. The number of benzene rings is 3. The Kier molecular flexibility index (Phi) is 32.7. The molecule has 3 aliphatic heterocycles. The number of hydrogen-bond acceptors (Lipinski definition) is 16. The van der Waals surface area contributed by atoms with E-state index < -0.39 is 32.7 Å². The first-order chi connectivity index (χ1) is 32.8. The van der Waals surface area contributed by atoms with Crippen LogP contribution in [0.3, 0.4) is 0 Å². The minimum absolute atomic E-state index is 0. The van der Waals surface area contributed by atoms with Gasteiger partial charge >= 0.3 is 18.3 Å². The number of rotatable bonds is 6. The Morgan fingerprint density at radius 1 is 0.613 bits per heavy atom. The molecule has 3 aromatic carbocycles. The van der Waals surface area contributed by atoms with Crippen molar-refractivity contribution in [1.82, 2.24) is 14.7 Å². The summed E-state index contributed by atoms with van der Waals surface area (Å²) in [6.07, 6.45) is 0.207. The number of nitro benzene ring substituents is 2. The number of likely N-dealkylation sites (tertiary alicyclic amines) is 3. The SMILES string of the molecule is C.C.C.C.CC(C)(C)OC(=O)N1CCC(O)C1.CC(C)(C)OC(=O)N1CCC(Oc2cc(N)ccc2Cl)C1.CC(C)(C)OC(=O)N1CCC(Oc2cc([N+](=O)[O-])ccc2Cl)C1.CCO.O=[N+]([O-])c1ccc(Cl)c(O)c1. The van der Waals surface area contributed by atoms with Crippen molar-refractivity contribution >= 4 is 70.1 Å². The summed E-state index contributed by atoms with van der Waals surface area (Å²) in [7, 11) is 0. The standard InChI is InChI=1S/C15H19ClN2O5.C15H21ClN2O3.C9H17NO3.C6H4ClNO3.C2H6O.4CH4/c1-15(2,3)23-14(19)17-7-6-11(9-17)22-13-8-10(18(20)21)4-5-12(13)16;1-15(2,3)21-14(19)18-7-6-11(9-18)20-13-8-10(17)4-5-12(13)16;1-9(2,3)13-8(12)10-5-4-7(11)6-10;7-5-2-1-4(8(10)11)3-6(5)9;1-2-3;;;;/h4-5,8,11H,6-7,9H2,1-3H3;4-5,8,11H,6-7,9,17H2,1-3H3;7,11H,4-6H2,1-3H3;1-3,9H;3H,2H2,1H3;4*1H4. The fraction of sp³-hybridized carbons (Fsp3) is 0.588. The van der Waals surface area contributed by atoms with Gasteiger partial charge in [0.1, 0.15) is 46.3 Å². The number of nitrogen functional groups attached to an aromatic ring is 1. The number of non-ortho nitro benzene ring substituents is 2. The number of hydrogen-bond donors (Lipinski definition) is 4. The van der Waals surface area contributed by atoms with Crippen LogP contribution >= 0.6 is 34.8 Å². The van der Waals surface area contributed by atoms with Gasteiger partial charge in [0, 0.05) is 69.5 Å². The Labute approximate surface area is 458 Å². The van der Waals surface area contributed by atoms with Crippen LogP contribution in [-0.2, 0) is 14.2 Å². The van der Waals surface area contributed by atoms with E-state index in [0.29, 0.717) is 73.6 Å². The van der Waals surface area contributed by atoms with Crippen molar-refractivity contribution in [3.8, 4) is 17.2 Å². The number of carbonyl (C=O) groups excluding carboxylic acids is 3. The smallest absolute Gasteiger partial charge is 0.410 e. The van der Waals surface area contributed by atoms with Crippen molar-refractivity contribution in [3.63, 3.8) is 0 Å². The lowest BCUT2D eigenvalue weighted by atomic mass is 10.2. The molecule has 5 N–H and O–H groups in total. The molecule has 3 heterocycles. The molecule has 0 saturated carbocycles. The van der Waals surface area contributed by atoms with E-state index in [1.54, 1.807) is 55.7 Å². The molecule has 21 nitrogen and oxygen atoms in total. The van der Waals surface area contributed by atoms with Crippen LogP contribution in [0.4, 0.5) is 31.4 Å². The molecular formula is C51H83Cl3N6O15. The van der Waals surface area contributed by atoms with E-state index in [4.69, 9.17) is 74.4 Å². The monoisotopic (exact) mass is 1120 g/mol. The van der Waals surface area contributed by atoms with Gasteiger partial charge in [0.25, 0.3) is 11.4 Å². The zero-order chi connectivity index (χ0) is 54.0. The van der Waals surface area contributed by atoms with Gasteiger partial charge < -0.3 is 59.4 Å². The number of carbonyl (C=O) groups is 3. The number of aliphatic hydroxyl groups excluding tert-OH is 2. The third-order valence-electron chi connectivity index (χ3n) is 9.22. The molecule has 3 fully saturated rings. The van der Waals surface area contributed by atoms with Crippen molar-refractivity contribution in [2.75, 3.05) is 51.6 Å². The number of nitro groups is 2. The molecule has 3 saturated heterocycles. The van der Waals surface area contributed by atoms with Crippen LogP contribution in [0.5, 0.6) is 17.2 Å². The number of amides is 3. The van der Waals surface area contributed by atoms with Gasteiger partial charge in [0.15, 0.2) is 0 Å². The number of nitrogens with two attached hydrogens (primary N) is 1. The number of phenolic OH excluding ortho intramolecular Hbond substituents is 1. The predicted octanol–water partition coefficient (Wildman–Crippen LogP) is 12.4. The molecular weight excluding hydrogens is 1040 g/mol. The predicted molar refractivity (Wildman–Crippen MR) is 296 cm³/mol. The third kappa shape index (κ3) is 28.1. The summed E-state index contributed by atoms with van der Waals surface area (Å²) in [5.41, 5.74) is 4.55. The molecule has 6 rings (SSSR count). The van der Waals surface area contributed by atoms with Gasteiger partial charge in [-0.15, -0.1) is 0 Å². The van der Waals surface area contributed by atoms with Crippen LogP contribution in [0.1, 0.15) is 118 Å². The Bertz CT molecular complexity index is 2260. The highest BCUT2D eigenvalue weighted by atomic mass is 35.5. The molecule has 75 heavy (non-hydrogen) atoms. The first kappa shape index (κ1) is 73.5. The first-order valence-electron chi connectivity index (χ1n) is 22.5. The summed E-state index contributed by atoms with van der Waals surface area (Å²) in [6.45, 7) is 21.3. The fourth-order valence-electron chi connectivity index (χ4n) is 6.15. The second-order valence-electron chi connectivity index (χ2n) is 19.0. The van der Waals surface area contributed by atoms with E-state index in [1.807, 2.05) is 41.5 Å². The van der Waals surface area contributed by atoms with E-state index in [0.717, 1.165) is 12.5 Å². The first-order valence-corrected chi connectivity index (χ1v) is 23.6. The van der Waals surface area contributed by atoms with E-state index in [9.17, 15) is 39.7 Å². The molecule has 428 valence electrons. The maximum Gasteiger partial charge on any atom is 0.410 e. The number of aromatic hydroxyl groups is 1. The van der Waals surface area contributed by atoms with Crippen LogP contribution in [-0.4, -0.2) is 139 Å². The number of anilines is 1. The molecule has 0 aliphatic carbocycles. The van der Waals surface area contributed by atoms with Crippen molar-refractivity contribution in [2.24, 2.45) is 0 Å². The van der Waals surface area contributed by atoms with E-state index in [2.05, 4.69) is 0 Å². The number of phenols is 1. The third-order valence-corrected chi connectivity index (χ3v) is 10.2. The molecule has 3 unspecified atom stereocenters. The van der Waals surface area contributed by atoms with Crippen LogP contribution < -0.4 is 15.2 Å². The average molecular weight is 1130 g/mol. The lowest BCUT2D eigenvalue weighted by Gasteiger charge is -2.24. The van der Waals surface area contributed by atoms with Crippen LogP contribution in [0.15, 0.2) is 54.6 Å². The lowest BCUT2D eigenvalue weighted by Crippen LogP contribution is -2.36. The number of ether oxygens (including phenoxy) is 5. The molecule has 0 radical (unpaired) electrons. The molecule has 0 spiro atoms. The summed E-state index contributed by atoms with van der Waals surface area (Å²) >= 11 is 17.5. The van der Waals surface area contributed by atoms with Crippen LogP contribution in [0, 0.1) is 20.2 Å². The Hall–Kier alpha value is -5.74. The molecule has 0 bridgehead atoms.